The minimum Gasteiger partial charge on any atom is -0.340 e. The fraction of sp³-hybridized carbons (Fsp3) is 0.615. The Bertz CT molecular complexity index is 437. The Morgan fingerprint density at radius 1 is 1.63 bits per heavy atom. The van der Waals surface area contributed by atoms with Gasteiger partial charge >= 0.3 is 0 Å². The summed E-state index contributed by atoms with van der Waals surface area (Å²) in [5.41, 5.74) is 0. The molecule has 1 aliphatic heterocycles. The van der Waals surface area contributed by atoms with Crippen molar-refractivity contribution in [2.75, 3.05) is 33.2 Å². The first-order valence-corrected chi connectivity index (χ1v) is 7.68. The highest BCUT2D eigenvalue weighted by Gasteiger charge is 2.20. The van der Waals surface area contributed by atoms with E-state index in [1.807, 2.05) is 19.2 Å². The van der Waals surface area contributed by atoms with Crippen LogP contribution >= 0.6 is 22.9 Å². The van der Waals surface area contributed by atoms with E-state index < -0.39 is 0 Å². The minimum absolute atomic E-state index is 0.165. The zero-order valence-corrected chi connectivity index (χ0v) is 12.9. The molecule has 1 unspecified atom stereocenters. The molecule has 1 amide bonds. The SMILES string of the molecule is CC1CN(CC(=O)N(C)Cc2ccc(Cl)s2)CCN1. The average molecular weight is 302 g/mol. The molecule has 0 bridgehead atoms. The monoisotopic (exact) mass is 301 g/mol. The first-order chi connectivity index (χ1) is 9.04. The lowest BCUT2D eigenvalue weighted by Crippen LogP contribution is -2.51. The van der Waals surface area contributed by atoms with E-state index in [-0.39, 0.29) is 5.91 Å². The second kappa shape index (κ2) is 6.70. The minimum atomic E-state index is 0.165. The maximum absolute atomic E-state index is 12.2. The van der Waals surface area contributed by atoms with E-state index >= 15 is 0 Å². The first-order valence-electron chi connectivity index (χ1n) is 6.48. The predicted octanol–water partition coefficient (Wildman–Crippen LogP) is 1.65. The van der Waals surface area contributed by atoms with Crippen LogP contribution in [0.25, 0.3) is 0 Å². The third-order valence-electron chi connectivity index (χ3n) is 3.26. The quantitative estimate of drug-likeness (QED) is 0.918. The molecule has 6 heteroatoms. The highest BCUT2D eigenvalue weighted by Crippen LogP contribution is 2.22. The smallest absolute Gasteiger partial charge is 0.236 e. The molecule has 1 N–H and O–H groups in total. The van der Waals surface area contributed by atoms with Crippen molar-refractivity contribution in [3.8, 4) is 0 Å². The van der Waals surface area contributed by atoms with Crippen molar-refractivity contribution in [2.45, 2.75) is 19.5 Å². The van der Waals surface area contributed by atoms with Gasteiger partial charge in [-0.15, -0.1) is 11.3 Å². The zero-order valence-electron chi connectivity index (χ0n) is 11.4. The molecule has 1 fully saturated rings. The number of nitrogens with one attached hydrogen (secondary N) is 1. The molecule has 2 rings (SSSR count). The highest BCUT2D eigenvalue weighted by atomic mass is 35.5. The molecule has 1 saturated heterocycles. The topological polar surface area (TPSA) is 35.6 Å². The number of hydrogen-bond acceptors (Lipinski definition) is 4. The third kappa shape index (κ3) is 4.45. The second-order valence-corrected chi connectivity index (χ2v) is 6.85. The molecule has 106 valence electrons. The van der Waals surface area contributed by atoms with E-state index in [0.29, 0.717) is 19.1 Å². The number of likely N-dealkylation sites (N-methyl/N-ethyl adjacent to an activating group) is 1. The van der Waals surface area contributed by atoms with Crippen LogP contribution < -0.4 is 5.32 Å². The summed E-state index contributed by atoms with van der Waals surface area (Å²) in [6.07, 6.45) is 0. The van der Waals surface area contributed by atoms with Crippen LogP contribution in [0.2, 0.25) is 4.34 Å². The molecule has 0 radical (unpaired) electrons. The van der Waals surface area contributed by atoms with E-state index in [0.717, 1.165) is 28.8 Å². The number of piperazine rings is 1. The van der Waals surface area contributed by atoms with Gasteiger partial charge in [0.2, 0.25) is 5.91 Å². The lowest BCUT2D eigenvalue weighted by molar-refractivity contribution is -0.131. The number of hydrogen-bond donors (Lipinski definition) is 1. The summed E-state index contributed by atoms with van der Waals surface area (Å²) in [4.78, 5) is 17.3. The van der Waals surface area contributed by atoms with Gasteiger partial charge in [-0.3, -0.25) is 9.69 Å². The van der Waals surface area contributed by atoms with Crippen LogP contribution in [0.3, 0.4) is 0 Å². The number of carbonyl (C=O) groups is 1. The van der Waals surface area contributed by atoms with E-state index in [2.05, 4.69) is 17.1 Å². The van der Waals surface area contributed by atoms with Crippen molar-refractivity contribution >= 4 is 28.8 Å². The van der Waals surface area contributed by atoms with E-state index in [1.165, 1.54) is 11.3 Å². The van der Waals surface area contributed by atoms with E-state index in [9.17, 15) is 4.79 Å². The lowest BCUT2D eigenvalue weighted by atomic mass is 10.2. The molecule has 19 heavy (non-hydrogen) atoms. The number of carbonyl (C=O) groups excluding carboxylic acids is 1. The van der Waals surface area contributed by atoms with E-state index in [4.69, 9.17) is 11.6 Å². The average Bonchev–Trinajstić information content (AvgIpc) is 2.74. The molecular formula is C13H20ClN3OS. The maximum Gasteiger partial charge on any atom is 0.236 e. The van der Waals surface area contributed by atoms with Gasteiger partial charge < -0.3 is 10.2 Å². The molecule has 4 nitrogen and oxygen atoms in total. The molecule has 1 atom stereocenters. The molecular weight excluding hydrogens is 282 g/mol. The Kier molecular flexibility index (Phi) is 5.21. The molecule has 1 aliphatic rings. The maximum atomic E-state index is 12.2. The molecule has 0 aliphatic carbocycles. The van der Waals surface area contributed by atoms with Crippen molar-refractivity contribution < 1.29 is 4.79 Å². The van der Waals surface area contributed by atoms with E-state index in [1.54, 1.807) is 4.90 Å². The number of rotatable bonds is 4. The molecule has 0 spiro atoms. The third-order valence-corrected chi connectivity index (χ3v) is 4.48. The van der Waals surface area contributed by atoms with Crippen molar-refractivity contribution in [3.63, 3.8) is 0 Å². The van der Waals surface area contributed by atoms with Crippen molar-refractivity contribution in [2.24, 2.45) is 0 Å². The standard InChI is InChI=1S/C13H20ClN3OS/c1-10-7-17(6-5-15-10)9-13(18)16(2)8-11-3-4-12(14)19-11/h3-4,10,15H,5-9H2,1-2H3. The van der Waals surface area contributed by atoms with Crippen LogP contribution in [0, 0.1) is 0 Å². The Morgan fingerprint density at radius 2 is 2.42 bits per heavy atom. The van der Waals surface area contributed by atoms with Gasteiger partial charge in [0, 0.05) is 37.6 Å². The van der Waals surface area contributed by atoms with Crippen molar-refractivity contribution in [3.05, 3.63) is 21.3 Å². The molecule has 0 saturated carbocycles. The van der Waals surface area contributed by atoms with Gasteiger partial charge in [-0.25, -0.2) is 0 Å². The summed E-state index contributed by atoms with van der Waals surface area (Å²) in [7, 11) is 1.85. The Balaban J connectivity index is 1.81. The number of amides is 1. The van der Waals surface area contributed by atoms with Crippen molar-refractivity contribution in [1.82, 2.24) is 15.1 Å². The largest absolute Gasteiger partial charge is 0.340 e. The normalized spacial score (nSPS) is 20.5. The number of thiophene rings is 1. The molecule has 1 aromatic heterocycles. The lowest BCUT2D eigenvalue weighted by Gasteiger charge is -2.32. The molecule has 2 heterocycles. The molecule has 1 aromatic rings. The van der Waals surface area contributed by atoms with Gasteiger partial charge in [0.1, 0.15) is 0 Å². The van der Waals surface area contributed by atoms with Gasteiger partial charge in [-0.1, -0.05) is 11.6 Å². The van der Waals surface area contributed by atoms with Crippen LogP contribution in [-0.4, -0.2) is 55.0 Å². The van der Waals surface area contributed by atoms with Crippen molar-refractivity contribution in [1.29, 1.82) is 0 Å². The number of halogens is 1. The summed E-state index contributed by atoms with van der Waals surface area (Å²) in [6.45, 7) is 6.12. The summed E-state index contributed by atoms with van der Waals surface area (Å²) < 4.78 is 0.770. The van der Waals surface area contributed by atoms with Gasteiger partial charge in [-0.2, -0.15) is 0 Å². The Morgan fingerprint density at radius 3 is 3.05 bits per heavy atom. The van der Waals surface area contributed by atoms with Crippen LogP contribution in [-0.2, 0) is 11.3 Å². The summed E-state index contributed by atoms with van der Waals surface area (Å²) in [5, 5.41) is 3.38. The van der Waals surface area contributed by atoms with Crippen LogP contribution in [0.15, 0.2) is 12.1 Å². The number of nitrogens with zero attached hydrogens (tertiary/aromatic N) is 2. The first kappa shape index (κ1) is 14.8. The summed E-state index contributed by atoms with van der Waals surface area (Å²) in [6, 6.07) is 4.31. The van der Waals surface area contributed by atoms with Gasteiger partial charge in [0.05, 0.1) is 17.4 Å². The summed E-state index contributed by atoms with van der Waals surface area (Å²) in [5.74, 6) is 0.165. The highest BCUT2D eigenvalue weighted by molar-refractivity contribution is 7.16. The molecule has 0 aromatic carbocycles. The Labute approximate surface area is 123 Å². The van der Waals surface area contributed by atoms with Gasteiger partial charge in [-0.05, 0) is 19.1 Å². The predicted molar refractivity (Wildman–Crippen MR) is 79.7 cm³/mol. The second-order valence-electron chi connectivity index (χ2n) is 5.05. The Hall–Kier alpha value is -0.620. The van der Waals surface area contributed by atoms with Crippen LogP contribution in [0.1, 0.15) is 11.8 Å². The van der Waals surface area contributed by atoms with Gasteiger partial charge in [0.15, 0.2) is 0 Å². The summed E-state index contributed by atoms with van der Waals surface area (Å²) >= 11 is 7.42. The van der Waals surface area contributed by atoms with Crippen LogP contribution in [0.5, 0.6) is 0 Å². The zero-order chi connectivity index (χ0) is 13.8. The fourth-order valence-corrected chi connectivity index (χ4v) is 3.37. The van der Waals surface area contributed by atoms with Gasteiger partial charge in [0.25, 0.3) is 0 Å². The fourth-order valence-electron chi connectivity index (χ4n) is 2.23. The van der Waals surface area contributed by atoms with Crippen LogP contribution in [0.4, 0.5) is 0 Å².